The number of nitriles is 1. The van der Waals surface area contributed by atoms with Gasteiger partial charge in [-0.25, -0.2) is 0 Å². The molecule has 0 bridgehead atoms. The van der Waals surface area contributed by atoms with Crippen molar-refractivity contribution in [3.05, 3.63) is 89.5 Å². The van der Waals surface area contributed by atoms with Crippen LogP contribution in [-0.4, -0.2) is 30.8 Å². The number of hydrogen-bond acceptors (Lipinski definition) is 6. The summed E-state index contributed by atoms with van der Waals surface area (Å²) in [6, 6.07) is 22.1. The van der Waals surface area contributed by atoms with E-state index in [1.165, 1.54) is 13.0 Å². The smallest absolute Gasteiger partial charge is 0.266 e. The van der Waals surface area contributed by atoms with E-state index in [2.05, 4.69) is 10.6 Å². The molecular formula is C28H25N3O5. The maximum atomic E-state index is 12.6. The molecule has 3 rings (SSSR count). The Bertz CT molecular complexity index is 1310. The third-order valence-corrected chi connectivity index (χ3v) is 4.93. The van der Waals surface area contributed by atoms with E-state index < -0.39 is 5.91 Å². The molecule has 8 heteroatoms. The van der Waals surface area contributed by atoms with E-state index in [1.807, 2.05) is 13.0 Å². The zero-order valence-corrected chi connectivity index (χ0v) is 19.9. The number of benzene rings is 3. The molecule has 0 aromatic heterocycles. The lowest BCUT2D eigenvalue weighted by Crippen LogP contribution is -2.20. The van der Waals surface area contributed by atoms with Crippen LogP contribution in [-0.2, 0) is 9.59 Å². The van der Waals surface area contributed by atoms with Gasteiger partial charge in [0.25, 0.3) is 11.8 Å². The number of carbonyl (C=O) groups is 3. The predicted octanol–water partition coefficient (Wildman–Crippen LogP) is 4.85. The van der Waals surface area contributed by atoms with Crippen LogP contribution in [0.15, 0.2) is 78.4 Å². The Labute approximate surface area is 209 Å². The number of anilines is 2. The zero-order chi connectivity index (χ0) is 25.9. The lowest BCUT2D eigenvalue weighted by Gasteiger charge is -2.09. The highest BCUT2D eigenvalue weighted by Gasteiger charge is 2.13. The van der Waals surface area contributed by atoms with Crippen LogP contribution in [0.3, 0.4) is 0 Å². The average Bonchev–Trinajstić information content (AvgIpc) is 2.88. The summed E-state index contributed by atoms with van der Waals surface area (Å²) in [4.78, 5) is 36.5. The molecule has 182 valence electrons. The summed E-state index contributed by atoms with van der Waals surface area (Å²) in [7, 11) is 0. The first-order valence-electron chi connectivity index (χ1n) is 11.2. The molecule has 36 heavy (non-hydrogen) atoms. The maximum Gasteiger partial charge on any atom is 0.266 e. The fourth-order valence-corrected chi connectivity index (χ4v) is 3.21. The van der Waals surface area contributed by atoms with E-state index in [1.54, 1.807) is 72.8 Å². The highest BCUT2D eigenvalue weighted by Crippen LogP contribution is 2.19. The van der Waals surface area contributed by atoms with Crippen molar-refractivity contribution in [3.8, 4) is 17.6 Å². The molecule has 8 nitrogen and oxygen atoms in total. The monoisotopic (exact) mass is 483 g/mol. The average molecular weight is 484 g/mol. The number of para-hydroxylation sites is 1. The molecule has 0 saturated carbocycles. The molecule has 0 heterocycles. The summed E-state index contributed by atoms with van der Waals surface area (Å²) in [6.07, 6.45) is 1.42. The first kappa shape index (κ1) is 25.7. The largest absolute Gasteiger partial charge is 0.494 e. The summed E-state index contributed by atoms with van der Waals surface area (Å²) in [5.74, 6) is 0.0261. The zero-order valence-electron chi connectivity index (χ0n) is 19.9. The van der Waals surface area contributed by atoms with Crippen LogP contribution >= 0.6 is 0 Å². The van der Waals surface area contributed by atoms with Crippen LogP contribution in [0.2, 0.25) is 0 Å². The van der Waals surface area contributed by atoms with Crippen molar-refractivity contribution in [1.82, 2.24) is 0 Å². The first-order valence-corrected chi connectivity index (χ1v) is 11.2. The van der Waals surface area contributed by atoms with Crippen molar-refractivity contribution in [2.75, 3.05) is 23.8 Å². The van der Waals surface area contributed by atoms with Crippen LogP contribution in [0.4, 0.5) is 11.4 Å². The summed E-state index contributed by atoms with van der Waals surface area (Å²) < 4.78 is 10.9. The third-order valence-electron chi connectivity index (χ3n) is 4.93. The van der Waals surface area contributed by atoms with Crippen molar-refractivity contribution in [3.63, 3.8) is 0 Å². The van der Waals surface area contributed by atoms with E-state index in [-0.39, 0.29) is 23.9 Å². The Morgan fingerprint density at radius 2 is 1.53 bits per heavy atom. The van der Waals surface area contributed by atoms with Gasteiger partial charge in [0.1, 0.15) is 23.1 Å². The minimum Gasteiger partial charge on any atom is -0.494 e. The molecule has 0 atom stereocenters. The van der Waals surface area contributed by atoms with E-state index in [4.69, 9.17) is 9.47 Å². The molecular weight excluding hydrogens is 458 g/mol. The van der Waals surface area contributed by atoms with Gasteiger partial charge in [0.05, 0.1) is 12.3 Å². The normalized spacial score (nSPS) is 10.6. The van der Waals surface area contributed by atoms with Gasteiger partial charge >= 0.3 is 0 Å². The van der Waals surface area contributed by atoms with Gasteiger partial charge in [0, 0.05) is 11.3 Å². The van der Waals surface area contributed by atoms with Gasteiger partial charge in [-0.15, -0.1) is 0 Å². The summed E-state index contributed by atoms with van der Waals surface area (Å²) in [5, 5.41) is 14.8. The number of nitrogens with zero attached hydrogens (tertiary/aromatic N) is 1. The van der Waals surface area contributed by atoms with Crippen molar-refractivity contribution in [2.45, 2.75) is 13.8 Å². The Kier molecular flexibility index (Phi) is 8.95. The molecule has 2 N–H and O–H groups in total. The topological polar surface area (TPSA) is 118 Å². The summed E-state index contributed by atoms with van der Waals surface area (Å²) in [5.41, 5.74) is 1.78. The number of hydrogen-bond donors (Lipinski definition) is 2. The molecule has 3 aromatic carbocycles. The van der Waals surface area contributed by atoms with Gasteiger partial charge in [0.2, 0.25) is 0 Å². The molecule has 0 fully saturated rings. The fourth-order valence-electron chi connectivity index (χ4n) is 3.21. The minimum atomic E-state index is -0.627. The van der Waals surface area contributed by atoms with Gasteiger partial charge in [-0.1, -0.05) is 24.3 Å². The van der Waals surface area contributed by atoms with E-state index in [9.17, 15) is 19.6 Å². The molecule has 0 spiro atoms. The molecule has 0 radical (unpaired) electrons. The van der Waals surface area contributed by atoms with E-state index in [0.29, 0.717) is 34.9 Å². The van der Waals surface area contributed by atoms with Crippen molar-refractivity contribution >= 4 is 35.0 Å². The second kappa shape index (κ2) is 12.5. The van der Waals surface area contributed by atoms with Crippen molar-refractivity contribution in [2.24, 2.45) is 0 Å². The van der Waals surface area contributed by atoms with Gasteiger partial charge in [-0.3, -0.25) is 14.4 Å². The number of ether oxygens (including phenoxy) is 2. The summed E-state index contributed by atoms with van der Waals surface area (Å²) in [6.45, 7) is 3.67. The number of nitrogens with one attached hydrogen (secondary N) is 2. The number of amides is 2. The Hall–Kier alpha value is -4.90. The fraction of sp³-hybridized carbons (Fsp3) is 0.143. The second-order valence-electron chi connectivity index (χ2n) is 7.59. The lowest BCUT2D eigenvalue weighted by atomic mass is 10.1. The SMILES string of the molecule is CCOc1ccc(NC(=O)COc2ccc(/C=C(/C#N)C(=O)Nc3ccccc3C(C)=O)cc2)cc1. The molecule has 3 aromatic rings. The first-order chi connectivity index (χ1) is 17.4. The highest BCUT2D eigenvalue weighted by atomic mass is 16.5. The van der Waals surface area contributed by atoms with Crippen molar-refractivity contribution in [1.29, 1.82) is 5.26 Å². The Balaban J connectivity index is 1.57. The van der Waals surface area contributed by atoms with Crippen LogP contribution in [0.1, 0.15) is 29.8 Å². The van der Waals surface area contributed by atoms with Crippen LogP contribution in [0.5, 0.6) is 11.5 Å². The van der Waals surface area contributed by atoms with Gasteiger partial charge in [-0.05, 0) is 74.0 Å². The number of carbonyl (C=O) groups excluding carboxylic acids is 3. The van der Waals surface area contributed by atoms with Crippen molar-refractivity contribution < 1.29 is 23.9 Å². The number of ketones is 1. The van der Waals surface area contributed by atoms with E-state index >= 15 is 0 Å². The van der Waals surface area contributed by atoms with Gasteiger partial charge < -0.3 is 20.1 Å². The number of Topliss-reactive ketones (excluding diaryl/α,β-unsaturated/α-hetero) is 1. The Morgan fingerprint density at radius 1 is 0.889 bits per heavy atom. The lowest BCUT2D eigenvalue weighted by molar-refractivity contribution is -0.118. The number of rotatable bonds is 10. The van der Waals surface area contributed by atoms with Crippen LogP contribution in [0.25, 0.3) is 6.08 Å². The molecule has 0 aliphatic rings. The standard InChI is InChI=1S/C28H25N3O5/c1-3-35-23-14-10-22(11-15-23)30-27(33)18-36-24-12-8-20(9-13-24)16-21(17-29)28(34)31-26-7-5-4-6-25(26)19(2)32/h4-16H,3,18H2,1-2H3,(H,30,33)(H,31,34)/b21-16-. The van der Waals surface area contributed by atoms with Gasteiger partial charge in [0.15, 0.2) is 12.4 Å². The molecule has 0 saturated heterocycles. The van der Waals surface area contributed by atoms with Gasteiger partial charge in [-0.2, -0.15) is 5.26 Å². The maximum absolute atomic E-state index is 12.6. The minimum absolute atomic E-state index is 0.128. The predicted molar refractivity (Wildman–Crippen MR) is 137 cm³/mol. The molecule has 2 amide bonds. The van der Waals surface area contributed by atoms with Crippen LogP contribution in [0, 0.1) is 11.3 Å². The van der Waals surface area contributed by atoms with E-state index in [0.717, 1.165) is 5.75 Å². The third kappa shape index (κ3) is 7.30. The second-order valence-corrected chi connectivity index (χ2v) is 7.59. The summed E-state index contributed by atoms with van der Waals surface area (Å²) >= 11 is 0. The van der Waals surface area contributed by atoms with Crippen LogP contribution < -0.4 is 20.1 Å². The molecule has 0 aliphatic carbocycles. The quantitative estimate of drug-likeness (QED) is 0.242. The Morgan fingerprint density at radius 3 is 2.17 bits per heavy atom. The molecule has 0 unspecified atom stereocenters. The molecule has 0 aliphatic heterocycles. The highest BCUT2D eigenvalue weighted by molar-refractivity contribution is 6.12.